The number of amides is 1. The Labute approximate surface area is 141 Å². The number of nitrogens with one attached hydrogen (secondary N) is 1. The van der Waals surface area contributed by atoms with E-state index in [1.54, 1.807) is 6.92 Å². The Morgan fingerprint density at radius 2 is 2.00 bits per heavy atom. The smallest absolute Gasteiger partial charge is 0.416 e. The summed E-state index contributed by atoms with van der Waals surface area (Å²) in [6.45, 7) is 1.75. The van der Waals surface area contributed by atoms with Gasteiger partial charge in [0.15, 0.2) is 0 Å². The van der Waals surface area contributed by atoms with Gasteiger partial charge < -0.3 is 15.2 Å². The molecule has 6 nitrogen and oxygen atoms in total. The number of benzene rings is 1. The van der Waals surface area contributed by atoms with Crippen molar-refractivity contribution in [2.24, 2.45) is 0 Å². The molecule has 0 aliphatic carbocycles. The van der Waals surface area contributed by atoms with Crippen LogP contribution in [0.5, 0.6) is 0 Å². The van der Waals surface area contributed by atoms with Crippen LogP contribution in [0.2, 0.25) is 0 Å². The number of alkyl halides is 3. The number of carbonyl (C=O) groups excluding carboxylic acids is 2. The van der Waals surface area contributed by atoms with Crippen molar-refractivity contribution in [2.75, 3.05) is 6.61 Å². The zero-order chi connectivity index (χ0) is 19.0. The van der Waals surface area contributed by atoms with Crippen LogP contribution in [0.4, 0.5) is 13.2 Å². The average Bonchev–Trinajstić information content (AvgIpc) is 2.53. The lowest BCUT2D eigenvalue weighted by molar-refractivity contribution is -0.140. The molecule has 25 heavy (non-hydrogen) atoms. The minimum Gasteiger partial charge on any atom is -0.480 e. The van der Waals surface area contributed by atoms with Gasteiger partial charge in [-0.05, 0) is 31.5 Å². The van der Waals surface area contributed by atoms with Crippen LogP contribution < -0.4 is 5.32 Å². The third-order valence-corrected chi connectivity index (χ3v) is 2.97. The number of carbonyl (C=O) groups is 3. The maximum atomic E-state index is 12.6. The molecular weight excluding hydrogens is 343 g/mol. The Hall–Kier alpha value is -2.84. The number of esters is 1. The summed E-state index contributed by atoms with van der Waals surface area (Å²) in [6, 6.07) is 2.20. The molecule has 0 spiro atoms. The molecule has 0 aromatic heterocycles. The van der Waals surface area contributed by atoms with Gasteiger partial charge in [-0.25, -0.2) is 9.59 Å². The zero-order valence-corrected chi connectivity index (χ0v) is 13.2. The number of carboxylic acids is 1. The molecule has 136 valence electrons. The van der Waals surface area contributed by atoms with Crippen LogP contribution in [0.1, 0.15) is 29.3 Å². The third kappa shape index (κ3) is 6.66. The first-order chi connectivity index (χ1) is 11.6. The largest absolute Gasteiger partial charge is 0.480 e. The van der Waals surface area contributed by atoms with Crippen LogP contribution in [-0.4, -0.2) is 35.6 Å². The maximum absolute atomic E-state index is 12.6. The Morgan fingerprint density at radius 3 is 2.56 bits per heavy atom. The third-order valence-electron chi connectivity index (χ3n) is 2.97. The van der Waals surface area contributed by atoms with E-state index in [1.165, 1.54) is 6.08 Å². The summed E-state index contributed by atoms with van der Waals surface area (Å²) >= 11 is 0. The number of rotatable bonds is 7. The summed E-state index contributed by atoms with van der Waals surface area (Å²) in [5.74, 6) is -3.03. The topological polar surface area (TPSA) is 92.7 Å². The van der Waals surface area contributed by atoms with Crippen molar-refractivity contribution < 1.29 is 37.4 Å². The molecule has 0 fully saturated rings. The zero-order valence-electron chi connectivity index (χ0n) is 13.2. The first-order valence-electron chi connectivity index (χ1n) is 7.19. The molecule has 0 saturated carbocycles. The van der Waals surface area contributed by atoms with Crippen LogP contribution in [0.25, 0.3) is 0 Å². The molecule has 1 amide bonds. The average molecular weight is 359 g/mol. The molecule has 0 aliphatic heterocycles. The lowest BCUT2D eigenvalue weighted by atomic mass is 10.1. The van der Waals surface area contributed by atoms with Gasteiger partial charge in [0.25, 0.3) is 5.91 Å². The molecule has 1 rings (SSSR count). The SMILES string of the molecule is CCOC(=O)/C=C/C[C@H](NC(=O)c1cccc(C(F)(F)F)c1)C(=O)O. The number of hydrogen-bond acceptors (Lipinski definition) is 4. The van der Waals surface area contributed by atoms with E-state index in [9.17, 15) is 27.6 Å². The van der Waals surface area contributed by atoms with E-state index in [0.717, 1.165) is 24.3 Å². The molecule has 0 radical (unpaired) electrons. The monoisotopic (exact) mass is 359 g/mol. The van der Waals surface area contributed by atoms with E-state index in [-0.39, 0.29) is 18.6 Å². The highest BCUT2D eigenvalue weighted by Crippen LogP contribution is 2.29. The molecular formula is C16H16F3NO5. The van der Waals surface area contributed by atoms with E-state index < -0.39 is 35.6 Å². The van der Waals surface area contributed by atoms with Crippen molar-refractivity contribution in [1.29, 1.82) is 0 Å². The second-order valence-corrected chi connectivity index (χ2v) is 4.83. The fourth-order valence-electron chi connectivity index (χ4n) is 1.79. The number of carboxylic acid groups (broad SMARTS) is 1. The minimum atomic E-state index is -4.62. The van der Waals surface area contributed by atoms with Crippen LogP contribution in [0.3, 0.4) is 0 Å². The quantitative estimate of drug-likeness (QED) is 0.576. The van der Waals surface area contributed by atoms with Crippen LogP contribution >= 0.6 is 0 Å². The molecule has 1 atom stereocenters. The van der Waals surface area contributed by atoms with Crippen LogP contribution in [0, 0.1) is 0 Å². The van der Waals surface area contributed by atoms with Gasteiger partial charge in [-0.15, -0.1) is 0 Å². The van der Waals surface area contributed by atoms with E-state index in [2.05, 4.69) is 10.1 Å². The summed E-state index contributed by atoms with van der Waals surface area (Å²) in [4.78, 5) is 34.2. The van der Waals surface area contributed by atoms with Gasteiger partial charge in [-0.2, -0.15) is 13.2 Å². The van der Waals surface area contributed by atoms with Crippen molar-refractivity contribution in [1.82, 2.24) is 5.32 Å². The molecule has 1 aromatic rings. The van der Waals surface area contributed by atoms with Gasteiger partial charge in [-0.1, -0.05) is 12.1 Å². The van der Waals surface area contributed by atoms with Gasteiger partial charge in [0, 0.05) is 11.6 Å². The fraction of sp³-hybridized carbons (Fsp3) is 0.312. The Morgan fingerprint density at radius 1 is 1.32 bits per heavy atom. The highest BCUT2D eigenvalue weighted by molar-refractivity contribution is 5.96. The summed E-state index contributed by atoms with van der Waals surface area (Å²) in [5.41, 5.74) is -1.34. The minimum absolute atomic E-state index is 0.151. The summed E-state index contributed by atoms with van der Waals surface area (Å²) < 4.78 is 42.6. The fourth-order valence-corrected chi connectivity index (χ4v) is 1.79. The number of hydrogen-bond donors (Lipinski definition) is 2. The van der Waals surface area contributed by atoms with E-state index >= 15 is 0 Å². The van der Waals surface area contributed by atoms with E-state index in [1.807, 2.05) is 0 Å². The maximum Gasteiger partial charge on any atom is 0.416 e. The van der Waals surface area contributed by atoms with Crippen molar-refractivity contribution >= 4 is 17.8 Å². The Balaban J connectivity index is 2.80. The van der Waals surface area contributed by atoms with Crippen molar-refractivity contribution in [3.63, 3.8) is 0 Å². The highest BCUT2D eigenvalue weighted by atomic mass is 19.4. The first kappa shape index (κ1) is 20.2. The molecule has 0 unspecified atom stereocenters. The second kappa shape index (κ2) is 8.86. The molecule has 0 saturated heterocycles. The number of ether oxygens (including phenoxy) is 1. The van der Waals surface area contributed by atoms with Gasteiger partial charge in [-0.3, -0.25) is 4.79 Å². The Bertz CT molecular complexity index is 670. The standard InChI is InChI=1S/C16H16F3NO5/c1-2-25-13(21)8-4-7-12(15(23)24)20-14(22)10-5-3-6-11(9-10)16(17,18)19/h3-6,8-9,12H,2,7H2,1H3,(H,20,22)(H,23,24)/b8-4+/t12-/m0/s1. The van der Waals surface area contributed by atoms with Crippen molar-refractivity contribution in [3.05, 3.63) is 47.5 Å². The van der Waals surface area contributed by atoms with Gasteiger partial charge in [0.1, 0.15) is 6.04 Å². The highest BCUT2D eigenvalue weighted by Gasteiger charge is 2.31. The lowest BCUT2D eigenvalue weighted by Crippen LogP contribution is -2.40. The molecule has 0 heterocycles. The first-order valence-corrected chi connectivity index (χ1v) is 7.19. The Kier molecular flexibility index (Phi) is 7.16. The predicted molar refractivity (Wildman–Crippen MR) is 80.7 cm³/mol. The number of aliphatic carboxylic acids is 1. The summed E-state index contributed by atoms with van der Waals surface area (Å²) in [6.07, 6.45) is -2.65. The second-order valence-electron chi connectivity index (χ2n) is 4.83. The van der Waals surface area contributed by atoms with Gasteiger partial charge >= 0.3 is 18.1 Å². The lowest BCUT2D eigenvalue weighted by Gasteiger charge is -2.13. The predicted octanol–water partition coefficient (Wildman–Crippen LogP) is 2.40. The van der Waals surface area contributed by atoms with Gasteiger partial charge in [0.2, 0.25) is 0 Å². The van der Waals surface area contributed by atoms with Crippen LogP contribution in [-0.2, 0) is 20.5 Å². The van der Waals surface area contributed by atoms with Crippen molar-refractivity contribution in [2.45, 2.75) is 25.6 Å². The molecule has 1 aromatic carbocycles. The summed E-state index contributed by atoms with van der Waals surface area (Å²) in [7, 11) is 0. The summed E-state index contributed by atoms with van der Waals surface area (Å²) in [5, 5.41) is 11.2. The molecule has 9 heteroatoms. The normalized spacial score (nSPS) is 12.6. The number of halogens is 3. The molecule has 2 N–H and O–H groups in total. The molecule has 0 aliphatic rings. The van der Waals surface area contributed by atoms with Gasteiger partial charge in [0.05, 0.1) is 12.2 Å². The van der Waals surface area contributed by atoms with E-state index in [4.69, 9.17) is 5.11 Å². The molecule has 0 bridgehead atoms. The van der Waals surface area contributed by atoms with Crippen LogP contribution in [0.15, 0.2) is 36.4 Å². The van der Waals surface area contributed by atoms with E-state index in [0.29, 0.717) is 6.07 Å². The van der Waals surface area contributed by atoms with Crippen molar-refractivity contribution in [3.8, 4) is 0 Å².